The largest absolute Gasteiger partial charge is 0.481 e. The first-order valence-corrected chi connectivity index (χ1v) is 8.10. The average Bonchev–Trinajstić information content (AvgIpc) is 3.06. The van der Waals surface area contributed by atoms with E-state index < -0.39 is 27.4 Å². The Morgan fingerprint density at radius 3 is 2.77 bits per heavy atom. The van der Waals surface area contributed by atoms with E-state index in [4.69, 9.17) is 4.74 Å². The number of nitrogens with one attached hydrogen (secondary N) is 1. The molecule has 1 saturated heterocycles. The van der Waals surface area contributed by atoms with Gasteiger partial charge in [0, 0.05) is 13.1 Å². The Morgan fingerprint density at radius 1 is 1.55 bits per heavy atom. The summed E-state index contributed by atoms with van der Waals surface area (Å²) >= 11 is 0. The molecule has 2 rings (SSSR count). The van der Waals surface area contributed by atoms with E-state index in [9.17, 15) is 23.1 Å². The predicted octanol–water partition coefficient (Wildman–Crippen LogP) is 0.0717. The molecule has 1 unspecified atom stereocenters. The Hall–Kier alpha value is -1.94. The molecule has 0 spiro atoms. The van der Waals surface area contributed by atoms with Crippen molar-refractivity contribution < 1.29 is 27.9 Å². The highest BCUT2D eigenvalue weighted by molar-refractivity contribution is 7.89. The summed E-state index contributed by atoms with van der Waals surface area (Å²) in [7, 11) is -4.04. The van der Waals surface area contributed by atoms with Crippen LogP contribution in [0.15, 0.2) is 11.2 Å². The number of hydrogen-bond acceptors (Lipinski definition) is 6. The normalized spacial score (nSPS) is 22.6. The number of aromatic nitrogens is 2. The number of carbonyl (C=O) groups excluding carboxylic acids is 1. The van der Waals surface area contributed by atoms with Crippen molar-refractivity contribution in [1.82, 2.24) is 14.5 Å². The maximum absolute atomic E-state index is 12.6. The Morgan fingerprint density at radius 2 is 2.23 bits per heavy atom. The Kier molecular flexibility index (Phi) is 4.25. The van der Waals surface area contributed by atoms with Gasteiger partial charge < -0.3 is 9.84 Å². The van der Waals surface area contributed by atoms with Crippen LogP contribution in [0.2, 0.25) is 0 Å². The SMILES string of the molecule is CCOC(=O)c1cn[nH]c1S(=O)(=O)N1CCC(C)(C(=O)O)C1. The number of ether oxygens (including phenoxy) is 1. The van der Waals surface area contributed by atoms with Crippen LogP contribution in [-0.4, -0.2) is 59.7 Å². The molecule has 0 saturated carbocycles. The molecule has 122 valence electrons. The van der Waals surface area contributed by atoms with Gasteiger partial charge in [0.1, 0.15) is 5.56 Å². The van der Waals surface area contributed by atoms with Gasteiger partial charge in [0.05, 0.1) is 18.2 Å². The molecule has 0 bridgehead atoms. The monoisotopic (exact) mass is 331 g/mol. The first-order valence-electron chi connectivity index (χ1n) is 6.66. The number of H-pyrrole nitrogens is 1. The summed E-state index contributed by atoms with van der Waals surface area (Å²) < 4.78 is 31.0. The molecule has 9 nitrogen and oxygen atoms in total. The highest BCUT2D eigenvalue weighted by Crippen LogP contribution is 2.34. The van der Waals surface area contributed by atoms with E-state index in [1.54, 1.807) is 6.92 Å². The second-order valence-electron chi connectivity index (χ2n) is 5.29. The highest BCUT2D eigenvalue weighted by Gasteiger charge is 2.46. The van der Waals surface area contributed by atoms with Crippen molar-refractivity contribution in [3.05, 3.63) is 11.8 Å². The summed E-state index contributed by atoms with van der Waals surface area (Å²) in [6.45, 7) is 3.09. The molecule has 1 aromatic heterocycles. The summed E-state index contributed by atoms with van der Waals surface area (Å²) in [6.07, 6.45) is 1.28. The summed E-state index contributed by atoms with van der Waals surface area (Å²) in [6, 6.07) is 0. The average molecular weight is 331 g/mol. The van der Waals surface area contributed by atoms with E-state index in [0.717, 1.165) is 10.5 Å². The van der Waals surface area contributed by atoms with Gasteiger partial charge in [-0.15, -0.1) is 0 Å². The summed E-state index contributed by atoms with van der Waals surface area (Å²) in [4.78, 5) is 23.0. The number of esters is 1. The molecule has 1 atom stereocenters. The number of sulfonamides is 1. The van der Waals surface area contributed by atoms with Gasteiger partial charge in [-0.25, -0.2) is 13.2 Å². The lowest BCUT2D eigenvalue weighted by Crippen LogP contribution is -2.35. The van der Waals surface area contributed by atoms with E-state index in [0.29, 0.717) is 0 Å². The minimum atomic E-state index is -4.04. The second kappa shape index (κ2) is 5.69. The molecule has 1 aliphatic rings. The molecule has 1 aliphatic heterocycles. The van der Waals surface area contributed by atoms with Crippen molar-refractivity contribution in [3.63, 3.8) is 0 Å². The third-order valence-electron chi connectivity index (χ3n) is 3.65. The topological polar surface area (TPSA) is 130 Å². The highest BCUT2D eigenvalue weighted by atomic mass is 32.2. The van der Waals surface area contributed by atoms with Crippen LogP contribution in [0.1, 0.15) is 30.6 Å². The number of carbonyl (C=O) groups is 2. The van der Waals surface area contributed by atoms with E-state index in [1.165, 1.54) is 6.92 Å². The number of carboxylic acid groups (broad SMARTS) is 1. The van der Waals surface area contributed by atoms with Crippen LogP contribution in [0.4, 0.5) is 0 Å². The van der Waals surface area contributed by atoms with Gasteiger partial charge in [-0.05, 0) is 20.3 Å². The first-order chi connectivity index (χ1) is 10.2. The van der Waals surface area contributed by atoms with Crippen molar-refractivity contribution in [2.45, 2.75) is 25.3 Å². The lowest BCUT2D eigenvalue weighted by atomic mass is 9.90. The number of rotatable bonds is 5. The zero-order valence-electron chi connectivity index (χ0n) is 12.2. The number of carboxylic acids is 1. The minimum absolute atomic E-state index is 0.0619. The Bertz CT molecular complexity index is 697. The fraction of sp³-hybridized carbons (Fsp3) is 0.583. The molecule has 0 aliphatic carbocycles. The van der Waals surface area contributed by atoms with Gasteiger partial charge in [-0.3, -0.25) is 9.89 Å². The number of aliphatic carboxylic acids is 1. The molecule has 0 aromatic carbocycles. The number of aromatic amines is 1. The number of hydrogen-bond donors (Lipinski definition) is 2. The van der Waals surface area contributed by atoms with E-state index in [1.807, 2.05) is 0 Å². The third-order valence-corrected chi connectivity index (χ3v) is 5.47. The van der Waals surface area contributed by atoms with Gasteiger partial charge in [0.15, 0.2) is 5.03 Å². The molecule has 1 aromatic rings. The van der Waals surface area contributed by atoms with Crippen LogP contribution in [0.3, 0.4) is 0 Å². The summed E-state index contributed by atoms with van der Waals surface area (Å²) in [5, 5.41) is 14.7. The lowest BCUT2D eigenvalue weighted by molar-refractivity contribution is -0.146. The number of nitrogens with zero attached hydrogens (tertiary/aromatic N) is 2. The molecule has 0 amide bonds. The van der Waals surface area contributed by atoms with Crippen molar-refractivity contribution in [3.8, 4) is 0 Å². The fourth-order valence-electron chi connectivity index (χ4n) is 2.25. The van der Waals surface area contributed by atoms with Crippen molar-refractivity contribution in [1.29, 1.82) is 0 Å². The van der Waals surface area contributed by atoms with E-state index >= 15 is 0 Å². The molecular formula is C12H17N3O6S. The summed E-state index contributed by atoms with van der Waals surface area (Å²) in [5.74, 6) is -1.85. The molecule has 2 N–H and O–H groups in total. The quantitative estimate of drug-likeness (QED) is 0.730. The maximum Gasteiger partial charge on any atom is 0.342 e. The summed E-state index contributed by atoms with van der Waals surface area (Å²) in [5.41, 5.74) is -1.33. The van der Waals surface area contributed by atoms with Crippen LogP contribution in [-0.2, 0) is 19.6 Å². The van der Waals surface area contributed by atoms with Crippen LogP contribution in [0, 0.1) is 5.41 Å². The van der Waals surface area contributed by atoms with Crippen LogP contribution < -0.4 is 0 Å². The van der Waals surface area contributed by atoms with Gasteiger partial charge in [-0.1, -0.05) is 0 Å². The lowest BCUT2D eigenvalue weighted by Gasteiger charge is -2.19. The second-order valence-corrected chi connectivity index (χ2v) is 7.16. The van der Waals surface area contributed by atoms with Crippen molar-refractivity contribution in [2.24, 2.45) is 5.41 Å². The maximum atomic E-state index is 12.6. The first kappa shape index (κ1) is 16.4. The van der Waals surface area contributed by atoms with E-state index in [-0.39, 0.29) is 36.7 Å². The van der Waals surface area contributed by atoms with Gasteiger partial charge >= 0.3 is 11.9 Å². The smallest absolute Gasteiger partial charge is 0.342 e. The van der Waals surface area contributed by atoms with Crippen LogP contribution in [0.25, 0.3) is 0 Å². The van der Waals surface area contributed by atoms with E-state index in [2.05, 4.69) is 10.2 Å². The Balaban J connectivity index is 2.32. The molecule has 10 heteroatoms. The fourth-order valence-corrected chi connectivity index (χ4v) is 3.88. The molecule has 1 fully saturated rings. The van der Waals surface area contributed by atoms with Gasteiger partial charge in [0.25, 0.3) is 10.0 Å². The van der Waals surface area contributed by atoms with Crippen LogP contribution in [0.5, 0.6) is 0 Å². The molecule has 2 heterocycles. The van der Waals surface area contributed by atoms with Gasteiger partial charge in [0.2, 0.25) is 0 Å². The van der Waals surface area contributed by atoms with Crippen molar-refractivity contribution in [2.75, 3.05) is 19.7 Å². The van der Waals surface area contributed by atoms with Gasteiger partial charge in [-0.2, -0.15) is 9.40 Å². The molecular weight excluding hydrogens is 314 g/mol. The predicted molar refractivity (Wildman–Crippen MR) is 73.7 cm³/mol. The van der Waals surface area contributed by atoms with Crippen LogP contribution >= 0.6 is 0 Å². The van der Waals surface area contributed by atoms with Crippen molar-refractivity contribution >= 4 is 22.0 Å². The standard InChI is InChI=1S/C12H17N3O6S/c1-3-21-10(16)8-6-13-14-9(8)22(19,20)15-5-4-12(2,7-15)11(17)18/h6H,3-5,7H2,1-2H3,(H,13,14)(H,17,18). The zero-order chi connectivity index (χ0) is 16.5. The Labute approximate surface area is 127 Å². The minimum Gasteiger partial charge on any atom is -0.481 e. The third kappa shape index (κ3) is 2.71. The molecule has 0 radical (unpaired) electrons. The zero-order valence-corrected chi connectivity index (χ0v) is 13.0. The molecule has 22 heavy (non-hydrogen) atoms.